The maximum absolute atomic E-state index is 13.5. The van der Waals surface area contributed by atoms with Gasteiger partial charge in [-0.05, 0) is 24.3 Å². The fraction of sp³-hybridized carbons (Fsp3) is 0.0769. The molecule has 0 bridgehead atoms. The molecule has 1 aromatic heterocycles. The van der Waals surface area contributed by atoms with Gasteiger partial charge in [0.2, 0.25) is 0 Å². The number of hydrogen-bond donors (Lipinski definition) is 1. The molecular formula is C13H9ClFNO3. The Morgan fingerprint density at radius 2 is 2.21 bits per heavy atom. The maximum Gasteiger partial charge on any atom is 0.339 e. The van der Waals surface area contributed by atoms with E-state index in [1.165, 1.54) is 36.7 Å². The third kappa shape index (κ3) is 3.20. The van der Waals surface area contributed by atoms with Gasteiger partial charge in [-0.2, -0.15) is 0 Å². The summed E-state index contributed by atoms with van der Waals surface area (Å²) in [6.45, 7) is -0.127. The number of aromatic nitrogens is 1. The lowest BCUT2D eigenvalue weighted by Crippen LogP contribution is -2.04. The number of halogens is 2. The van der Waals surface area contributed by atoms with E-state index in [0.717, 1.165) is 0 Å². The number of nitrogens with zero attached hydrogens (tertiary/aromatic N) is 1. The van der Waals surface area contributed by atoms with Crippen LogP contribution in [0.5, 0.6) is 5.75 Å². The summed E-state index contributed by atoms with van der Waals surface area (Å²) in [5, 5.41) is 9.34. The summed E-state index contributed by atoms with van der Waals surface area (Å²) >= 11 is 5.75. The third-order valence-corrected chi connectivity index (χ3v) is 2.64. The Balaban J connectivity index is 2.19. The Bertz CT molecular complexity index is 619. The lowest BCUT2D eigenvalue weighted by atomic mass is 10.2. The molecule has 0 saturated heterocycles. The van der Waals surface area contributed by atoms with Crippen molar-refractivity contribution in [3.8, 4) is 5.75 Å². The Morgan fingerprint density at radius 3 is 2.95 bits per heavy atom. The van der Waals surface area contributed by atoms with E-state index >= 15 is 0 Å². The first-order chi connectivity index (χ1) is 9.08. The normalized spacial score (nSPS) is 10.2. The molecule has 0 radical (unpaired) electrons. The molecule has 0 unspecified atom stereocenters. The summed E-state index contributed by atoms with van der Waals surface area (Å²) in [6, 6.07) is 5.38. The van der Waals surface area contributed by atoms with E-state index in [9.17, 15) is 9.18 Å². The molecule has 2 rings (SSSR count). The van der Waals surface area contributed by atoms with E-state index in [2.05, 4.69) is 4.98 Å². The molecule has 0 fully saturated rings. The van der Waals surface area contributed by atoms with Crippen molar-refractivity contribution in [1.29, 1.82) is 0 Å². The lowest BCUT2D eigenvalue weighted by molar-refractivity contribution is 0.0691. The number of pyridine rings is 1. The zero-order valence-electron chi connectivity index (χ0n) is 9.64. The molecule has 6 heteroatoms. The fourth-order valence-electron chi connectivity index (χ4n) is 1.48. The second-order valence-electron chi connectivity index (χ2n) is 3.70. The topological polar surface area (TPSA) is 59.4 Å². The Labute approximate surface area is 113 Å². The molecule has 1 heterocycles. The van der Waals surface area contributed by atoms with Gasteiger partial charge in [0.1, 0.15) is 18.0 Å². The fourth-order valence-corrected chi connectivity index (χ4v) is 1.68. The predicted octanol–water partition coefficient (Wildman–Crippen LogP) is 3.15. The number of aromatic carboxylic acids is 1. The number of hydrogen-bond acceptors (Lipinski definition) is 3. The highest BCUT2D eigenvalue weighted by molar-refractivity contribution is 6.30. The summed E-state index contributed by atoms with van der Waals surface area (Å²) in [6.07, 6.45) is 2.61. The molecule has 0 spiro atoms. The van der Waals surface area contributed by atoms with E-state index < -0.39 is 11.8 Å². The minimum atomic E-state index is -1.14. The van der Waals surface area contributed by atoms with Crippen molar-refractivity contribution in [2.75, 3.05) is 0 Å². The molecular weight excluding hydrogens is 273 g/mol. The van der Waals surface area contributed by atoms with Crippen LogP contribution in [0.3, 0.4) is 0 Å². The molecule has 19 heavy (non-hydrogen) atoms. The molecule has 0 atom stereocenters. The SMILES string of the molecule is O=C(O)c1ccncc1OCc1cc(Cl)ccc1F. The van der Waals surface area contributed by atoms with Crippen molar-refractivity contribution >= 4 is 17.6 Å². The highest BCUT2D eigenvalue weighted by atomic mass is 35.5. The lowest BCUT2D eigenvalue weighted by Gasteiger charge is -2.09. The third-order valence-electron chi connectivity index (χ3n) is 2.41. The molecule has 1 N–H and O–H groups in total. The van der Waals surface area contributed by atoms with Gasteiger partial charge in [0.15, 0.2) is 5.75 Å². The second-order valence-corrected chi connectivity index (χ2v) is 4.14. The Morgan fingerprint density at radius 1 is 1.42 bits per heavy atom. The molecule has 0 aliphatic heterocycles. The Hall–Kier alpha value is -2.14. The molecule has 0 aliphatic rings. The van der Waals surface area contributed by atoms with Gasteiger partial charge in [0.05, 0.1) is 6.20 Å². The van der Waals surface area contributed by atoms with E-state index in [1.54, 1.807) is 0 Å². The maximum atomic E-state index is 13.5. The van der Waals surface area contributed by atoms with Crippen LogP contribution in [0, 0.1) is 5.82 Å². The van der Waals surface area contributed by atoms with Crippen molar-refractivity contribution < 1.29 is 19.0 Å². The number of carbonyl (C=O) groups is 1. The van der Waals surface area contributed by atoms with Crippen molar-refractivity contribution in [1.82, 2.24) is 4.98 Å². The van der Waals surface area contributed by atoms with E-state index in [1.807, 2.05) is 0 Å². The van der Waals surface area contributed by atoms with Gasteiger partial charge in [0, 0.05) is 16.8 Å². The monoisotopic (exact) mass is 281 g/mol. The highest BCUT2D eigenvalue weighted by Crippen LogP contribution is 2.20. The number of ether oxygens (including phenoxy) is 1. The summed E-state index contributed by atoms with van der Waals surface area (Å²) in [5.41, 5.74) is 0.213. The second kappa shape index (κ2) is 5.67. The molecule has 1 aromatic carbocycles. The number of rotatable bonds is 4. The van der Waals surface area contributed by atoms with Crippen LogP contribution in [0.2, 0.25) is 5.02 Å². The molecule has 0 saturated carbocycles. The minimum absolute atomic E-state index is 0.0302. The molecule has 0 aliphatic carbocycles. The van der Waals surface area contributed by atoms with Crippen LogP contribution in [-0.2, 0) is 6.61 Å². The Kier molecular flexibility index (Phi) is 3.97. The van der Waals surface area contributed by atoms with Crippen LogP contribution >= 0.6 is 11.6 Å². The average molecular weight is 282 g/mol. The first-order valence-corrected chi connectivity index (χ1v) is 5.70. The zero-order valence-corrected chi connectivity index (χ0v) is 10.4. The van der Waals surface area contributed by atoms with E-state index in [-0.39, 0.29) is 23.5 Å². The molecule has 4 nitrogen and oxygen atoms in total. The van der Waals surface area contributed by atoms with Crippen LogP contribution < -0.4 is 4.74 Å². The summed E-state index contributed by atoms with van der Waals surface area (Å²) < 4.78 is 18.7. The first kappa shape index (κ1) is 13.3. The standard InChI is InChI=1S/C13H9ClFNO3/c14-9-1-2-11(15)8(5-9)7-19-12-6-16-4-3-10(12)13(17)18/h1-6H,7H2,(H,17,18). The minimum Gasteiger partial charge on any atom is -0.486 e. The van der Waals surface area contributed by atoms with E-state index in [0.29, 0.717) is 5.02 Å². The quantitative estimate of drug-likeness (QED) is 0.935. The van der Waals surface area contributed by atoms with Gasteiger partial charge in [-0.25, -0.2) is 9.18 Å². The van der Waals surface area contributed by atoms with Crippen molar-refractivity contribution in [2.45, 2.75) is 6.61 Å². The summed E-state index contributed by atoms with van der Waals surface area (Å²) in [7, 11) is 0. The van der Waals surface area contributed by atoms with Crippen LogP contribution in [0.15, 0.2) is 36.7 Å². The molecule has 98 valence electrons. The van der Waals surface area contributed by atoms with Gasteiger partial charge in [-0.3, -0.25) is 4.98 Å². The van der Waals surface area contributed by atoms with Gasteiger partial charge >= 0.3 is 5.97 Å². The van der Waals surface area contributed by atoms with Gasteiger partial charge in [-0.15, -0.1) is 0 Å². The van der Waals surface area contributed by atoms with Crippen molar-refractivity contribution in [2.24, 2.45) is 0 Å². The average Bonchev–Trinajstić information content (AvgIpc) is 2.40. The number of carboxylic acid groups (broad SMARTS) is 1. The molecule has 0 amide bonds. The molecule has 2 aromatic rings. The van der Waals surface area contributed by atoms with E-state index in [4.69, 9.17) is 21.4 Å². The number of carboxylic acids is 1. The summed E-state index contributed by atoms with van der Waals surface area (Å²) in [5.74, 6) is -1.52. The van der Waals surface area contributed by atoms with Crippen molar-refractivity contribution in [3.05, 3.63) is 58.6 Å². The van der Waals surface area contributed by atoms with Crippen molar-refractivity contribution in [3.63, 3.8) is 0 Å². The zero-order chi connectivity index (χ0) is 13.8. The van der Waals surface area contributed by atoms with Gasteiger partial charge in [0.25, 0.3) is 0 Å². The van der Waals surface area contributed by atoms with Gasteiger partial charge < -0.3 is 9.84 Å². The van der Waals surface area contributed by atoms with Crippen LogP contribution in [0.25, 0.3) is 0 Å². The van der Waals surface area contributed by atoms with Crippen LogP contribution in [0.4, 0.5) is 4.39 Å². The van der Waals surface area contributed by atoms with Crippen LogP contribution in [-0.4, -0.2) is 16.1 Å². The highest BCUT2D eigenvalue weighted by Gasteiger charge is 2.12. The van der Waals surface area contributed by atoms with Gasteiger partial charge in [-0.1, -0.05) is 11.6 Å². The van der Waals surface area contributed by atoms with Crippen LogP contribution in [0.1, 0.15) is 15.9 Å². The number of benzene rings is 1. The largest absolute Gasteiger partial charge is 0.486 e. The predicted molar refractivity (Wildman–Crippen MR) is 66.9 cm³/mol. The first-order valence-electron chi connectivity index (χ1n) is 5.32. The summed E-state index contributed by atoms with van der Waals surface area (Å²) in [4.78, 5) is 14.7. The smallest absolute Gasteiger partial charge is 0.339 e.